The third kappa shape index (κ3) is 7.36. The fourth-order valence-corrected chi connectivity index (χ4v) is 2.35. The van der Waals surface area contributed by atoms with Crippen LogP contribution in [0.1, 0.15) is 24.5 Å². The summed E-state index contributed by atoms with van der Waals surface area (Å²) in [5.41, 5.74) is 1.96. The molecule has 0 saturated carbocycles. The third-order valence-electron chi connectivity index (χ3n) is 3.86. The lowest BCUT2D eigenvalue weighted by molar-refractivity contribution is -0.143. The van der Waals surface area contributed by atoms with Crippen molar-refractivity contribution in [2.75, 3.05) is 20.2 Å². The molecule has 0 saturated heterocycles. The Morgan fingerprint density at radius 1 is 1.07 bits per heavy atom. The summed E-state index contributed by atoms with van der Waals surface area (Å²) in [6.45, 7) is 2.91. The topological polar surface area (TPSA) is 55.8 Å². The van der Waals surface area contributed by atoms with Crippen LogP contribution in [0.5, 0.6) is 5.75 Å². The second-order valence-corrected chi connectivity index (χ2v) is 5.99. The Labute approximate surface area is 160 Å². The summed E-state index contributed by atoms with van der Waals surface area (Å²) in [5, 5.41) is 0. The summed E-state index contributed by atoms with van der Waals surface area (Å²) >= 11 is 0. The molecule has 1 amide bonds. The first-order chi connectivity index (χ1) is 13.1. The van der Waals surface area contributed by atoms with Gasteiger partial charge in [-0.05, 0) is 36.3 Å². The highest BCUT2D eigenvalue weighted by molar-refractivity contribution is 5.91. The summed E-state index contributed by atoms with van der Waals surface area (Å²) in [6, 6.07) is 17.5. The second kappa shape index (κ2) is 10.8. The summed E-state index contributed by atoms with van der Waals surface area (Å²) in [6.07, 6.45) is 3.41. The third-order valence-corrected chi connectivity index (χ3v) is 3.86. The molecule has 0 heterocycles. The minimum absolute atomic E-state index is 0.171. The van der Waals surface area contributed by atoms with Crippen LogP contribution >= 0.6 is 0 Å². The fourth-order valence-electron chi connectivity index (χ4n) is 2.35. The molecule has 0 radical (unpaired) electrons. The van der Waals surface area contributed by atoms with Crippen LogP contribution in [0.25, 0.3) is 6.08 Å². The average molecular weight is 367 g/mol. The molecule has 0 fully saturated rings. The Morgan fingerprint density at radius 3 is 2.59 bits per heavy atom. The molecule has 0 aromatic heterocycles. The molecule has 5 nitrogen and oxygen atoms in total. The molecule has 0 unspecified atom stereocenters. The molecule has 0 atom stereocenters. The zero-order valence-electron chi connectivity index (χ0n) is 15.8. The van der Waals surface area contributed by atoms with Crippen LogP contribution in [0, 0.1) is 0 Å². The van der Waals surface area contributed by atoms with E-state index in [0.717, 1.165) is 16.9 Å². The van der Waals surface area contributed by atoms with Crippen molar-refractivity contribution in [1.82, 2.24) is 4.90 Å². The van der Waals surface area contributed by atoms with E-state index in [4.69, 9.17) is 9.47 Å². The maximum absolute atomic E-state index is 12.1. The number of benzene rings is 2. The first kappa shape index (κ1) is 20.2. The summed E-state index contributed by atoms with van der Waals surface area (Å²) < 4.78 is 10.7. The Hall–Kier alpha value is -3.08. The standard InChI is InChI=1S/C22H25NO4/c1-3-26-22(25)14-15-23(2)21(24)13-12-18-10-7-11-20(16-18)27-17-19-8-5-4-6-9-19/h4-13,16H,3,14-15,17H2,1-2H3/b13-12+. The van der Waals surface area contributed by atoms with E-state index in [1.54, 1.807) is 20.0 Å². The van der Waals surface area contributed by atoms with Gasteiger partial charge >= 0.3 is 5.97 Å². The van der Waals surface area contributed by atoms with Gasteiger partial charge in [0.1, 0.15) is 12.4 Å². The zero-order valence-corrected chi connectivity index (χ0v) is 15.8. The quantitative estimate of drug-likeness (QED) is 0.501. The number of carbonyl (C=O) groups is 2. The smallest absolute Gasteiger partial charge is 0.307 e. The van der Waals surface area contributed by atoms with E-state index in [1.807, 2.05) is 54.6 Å². The maximum atomic E-state index is 12.1. The molecular formula is C22H25NO4. The number of esters is 1. The van der Waals surface area contributed by atoms with Gasteiger partial charge in [-0.2, -0.15) is 0 Å². The lowest BCUT2D eigenvalue weighted by Crippen LogP contribution is -2.27. The predicted octanol–water partition coefficient (Wildman–Crippen LogP) is 3.69. The number of amides is 1. The van der Waals surface area contributed by atoms with Crippen LogP contribution in [-0.4, -0.2) is 37.0 Å². The van der Waals surface area contributed by atoms with Crippen molar-refractivity contribution in [2.24, 2.45) is 0 Å². The second-order valence-electron chi connectivity index (χ2n) is 5.99. The van der Waals surface area contributed by atoms with Gasteiger partial charge < -0.3 is 14.4 Å². The van der Waals surface area contributed by atoms with Crippen molar-refractivity contribution in [3.63, 3.8) is 0 Å². The predicted molar refractivity (Wildman–Crippen MR) is 105 cm³/mol. The van der Waals surface area contributed by atoms with E-state index in [-0.39, 0.29) is 18.3 Å². The van der Waals surface area contributed by atoms with Crippen LogP contribution < -0.4 is 4.74 Å². The molecular weight excluding hydrogens is 342 g/mol. The number of hydrogen-bond acceptors (Lipinski definition) is 4. The highest BCUT2D eigenvalue weighted by Gasteiger charge is 2.08. The molecule has 5 heteroatoms. The molecule has 0 aliphatic carbocycles. The molecule has 0 N–H and O–H groups in total. The monoisotopic (exact) mass is 367 g/mol. The van der Waals surface area contributed by atoms with E-state index < -0.39 is 0 Å². The first-order valence-corrected chi connectivity index (χ1v) is 8.94. The van der Waals surface area contributed by atoms with Gasteiger partial charge in [-0.15, -0.1) is 0 Å². The molecule has 2 aromatic rings. The molecule has 2 rings (SSSR count). The van der Waals surface area contributed by atoms with Crippen LogP contribution in [0.2, 0.25) is 0 Å². The summed E-state index contributed by atoms with van der Waals surface area (Å²) in [4.78, 5) is 25.0. The number of hydrogen-bond donors (Lipinski definition) is 0. The molecule has 0 aliphatic heterocycles. The van der Waals surface area contributed by atoms with Crippen molar-refractivity contribution < 1.29 is 19.1 Å². The lowest BCUT2D eigenvalue weighted by atomic mass is 10.2. The number of carbonyl (C=O) groups excluding carboxylic acids is 2. The molecule has 142 valence electrons. The highest BCUT2D eigenvalue weighted by Crippen LogP contribution is 2.16. The first-order valence-electron chi connectivity index (χ1n) is 8.94. The zero-order chi connectivity index (χ0) is 19.5. The normalized spacial score (nSPS) is 10.6. The van der Waals surface area contributed by atoms with Gasteiger partial charge in [-0.25, -0.2) is 0 Å². The maximum Gasteiger partial charge on any atom is 0.307 e. The van der Waals surface area contributed by atoms with Crippen LogP contribution in [0.15, 0.2) is 60.7 Å². The molecule has 0 bridgehead atoms. The van der Waals surface area contributed by atoms with Crippen molar-refractivity contribution in [2.45, 2.75) is 20.0 Å². The van der Waals surface area contributed by atoms with Gasteiger partial charge in [0.05, 0.1) is 13.0 Å². The number of ether oxygens (including phenoxy) is 2. The van der Waals surface area contributed by atoms with Crippen molar-refractivity contribution in [3.8, 4) is 5.75 Å². The van der Waals surface area contributed by atoms with Crippen LogP contribution in [0.3, 0.4) is 0 Å². The van der Waals surface area contributed by atoms with E-state index in [1.165, 1.54) is 11.0 Å². The summed E-state index contributed by atoms with van der Waals surface area (Å²) in [5.74, 6) is 0.267. The van der Waals surface area contributed by atoms with E-state index >= 15 is 0 Å². The molecule has 0 spiro atoms. The Kier molecular flexibility index (Phi) is 8.10. The minimum atomic E-state index is -0.301. The SMILES string of the molecule is CCOC(=O)CCN(C)C(=O)/C=C/c1cccc(OCc2ccccc2)c1. The van der Waals surface area contributed by atoms with Gasteiger partial charge in [-0.1, -0.05) is 42.5 Å². The largest absolute Gasteiger partial charge is 0.489 e. The van der Waals surface area contributed by atoms with E-state index in [9.17, 15) is 9.59 Å². The van der Waals surface area contributed by atoms with Crippen molar-refractivity contribution in [3.05, 3.63) is 71.8 Å². The lowest BCUT2D eigenvalue weighted by Gasteiger charge is -2.14. The van der Waals surface area contributed by atoms with E-state index in [0.29, 0.717) is 19.8 Å². The van der Waals surface area contributed by atoms with Crippen molar-refractivity contribution in [1.29, 1.82) is 0 Å². The Balaban J connectivity index is 1.86. The van der Waals surface area contributed by atoms with Gasteiger partial charge in [0, 0.05) is 19.7 Å². The van der Waals surface area contributed by atoms with Crippen LogP contribution in [0.4, 0.5) is 0 Å². The van der Waals surface area contributed by atoms with Gasteiger partial charge in [0.25, 0.3) is 0 Å². The molecule has 0 aliphatic rings. The van der Waals surface area contributed by atoms with E-state index in [2.05, 4.69) is 0 Å². The van der Waals surface area contributed by atoms with Gasteiger partial charge in [0.15, 0.2) is 0 Å². The van der Waals surface area contributed by atoms with Crippen LogP contribution in [-0.2, 0) is 20.9 Å². The molecule has 2 aromatic carbocycles. The number of rotatable bonds is 9. The highest BCUT2D eigenvalue weighted by atomic mass is 16.5. The minimum Gasteiger partial charge on any atom is -0.489 e. The Morgan fingerprint density at radius 2 is 1.85 bits per heavy atom. The molecule has 27 heavy (non-hydrogen) atoms. The van der Waals surface area contributed by atoms with Gasteiger partial charge in [-0.3, -0.25) is 9.59 Å². The van der Waals surface area contributed by atoms with Gasteiger partial charge in [0.2, 0.25) is 5.91 Å². The summed E-state index contributed by atoms with van der Waals surface area (Å²) in [7, 11) is 1.66. The van der Waals surface area contributed by atoms with Crippen molar-refractivity contribution >= 4 is 18.0 Å². The fraction of sp³-hybridized carbons (Fsp3) is 0.273. The number of likely N-dealkylation sites (N-methyl/N-ethyl adjacent to an activating group) is 1. The number of nitrogens with zero attached hydrogens (tertiary/aromatic N) is 1. The Bertz CT molecular complexity index is 771. The average Bonchev–Trinajstić information content (AvgIpc) is 2.70.